The molecule has 0 aliphatic rings. The van der Waals surface area contributed by atoms with Crippen molar-refractivity contribution in [1.82, 2.24) is 9.71 Å². The summed E-state index contributed by atoms with van der Waals surface area (Å²) in [5, 5.41) is 3.47. The third kappa shape index (κ3) is 3.05. The van der Waals surface area contributed by atoms with Crippen LogP contribution in [0.5, 0.6) is 0 Å². The molecule has 2 aromatic heterocycles. The number of aryl methyl sites for hydroxylation is 1. The maximum atomic E-state index is 12.1. The molecule has 0 fully saturated rings. The zero-order valence-electron chi connectivity index (χ0n) is 11.9. The van der Waals surface area contributed by atoms with Gasteiger partial charge in [-0.05, 0) is 48.6 Å². The third-order valence-corrected chi connectivity index (χ3v) is 6.60. The van der Waals surface area contributed by atoms with E-state index < -0.39 is 10.0 Å². The third-order valence-electron chi connectivity index (χ3n) is 3.51. The first-order valence-corrected chi connectivity index (χ1v) is 9.51. The van der Waals surface area contributed by atoms with Gasteiger partial charge in [-0.2, -0.15) is 0 Å². The Kier molecular flexibility index (Phi) is 4.27. The second-order valence-corrected chi connectivity index (χ2v) is 8.38. The van der Waals surface area contributed by atoms with E-state index in [-0.39, 0.29) is 0 Å². The van der Waals surface area contributed by atoms with E-state index >= 15 is 0 Å². The predicted molar refractivity (Wildman–Crippen MR) is 91.3 cm³/mol. The van der Waals surface area contributed by atoms with Crippen molar-refractivity contribution in [2.24, 2.45) is 0 Å². The molecule has 0 radical (unpaired) electrons. The van der Waals surface area contributed by atoms with Crippen LogP contribution in [0.1, 0.15) is 11.3 Å². The molecule has 2 heterocycles. The molecule has 4 nitrogen and oxygen atoms in total. The summed E-state index contributed by atoms with van der Waals surface area (Å²) in [4.78, 5) is 3.30. The highest BCUT2D eigenvalue weighted by Gasteiger charge is 2.15. The van der Waals surface area contributed by atoms with E-state index in [1.54, 1.807) is 17.5 Å². The van der Waals surface area contributed by atoms with Gasteiger partial charge in [0.05, 0.1) is 0 Å². The van der Waals surface area contributed by atoms with Gasteiger partial charge in [0.15, 0.2) is 0 Å². The molecular weight excluding hydrogens is 340 g/mol. The molecule has 0 aliphatic carbocycles. The summed E-state index contributed by atoms with van der Waals surface area (Å²) < 4.78 is 27.2. The van der Waals surface area contributed by atoms with Gasteiger partial charge in [-0.3, -0.25) is 0 Å². The Balaban J connectivity index is 1.77. The lowest BCUT2D eigenvalue weighted by Gasteiger charge is -2.05. The van der Waals surface area contributed by atoms with Gasteiger partial charge in [-0.15, -0.1) is 11.3 Å². The number of fused-ring (bicyclic) bond motifs is 1. The van der Waals surface area contributed by atoms with Gasteiger partial charge < -0.3 is 4.98 Å². The van der Waals surface area contributed by atoms with E-state index in [0.717, 1.165) is 22.2 Å². The van der Waals surface area contributed by atoms with Crippen molar-refractivity contribution < 1.29 is 8.42 Å². The fraction of sp³-hybridized carbons (Fsp3) is 0.200. The van der Waals surface area contributed by atoms with Crippen LogP contribution in [-0.2, 0) is 16.4 Å². The first kappa shape index (κ1) is 15.6. The van der Waals surface area contributed by atoms with Crippen molar-refractivity contribution in [2.75, 3.05) is 6.54 Å². The van der Waals surface area contributed by atoms with Crippen molar-refractivity contribution in [3.63, 3.8) is 0 Å². The number of nitrogens with one attached hydrogen (secondary N) is 2. The Hall–Kier alpha value is -1.34. The highest BCUT2D eigenvalue weighted by molar-refractivity contribution is 7.91. The minimum Gasteiger partial charge on any atom is -0.358 e. The quantitative estimate of drug-likeness (QED) is 0.733. The Labute approximate surface area is 138 Å². The molecule has 22 heavy (non-hydrogen) atoms. The summed E-state index contributed by atoms with van der Waals surface area (Å²) in [5.41, 5.74) is 3.14. The number of benzene rings is 1. The normalized spacial score (nSPS) is 12.1. The standard InChI is InChI=1S/C15H15ClN2O2S2/c1-10-12(13-9-11(16)4-5-14(13)18-10)6-7-17-22(19,20)15-3-2-8-21-15/h2-5,8-9,17-18H,6-7H2,1H3. The van der Waals surface area contributed by atoms with Gasteiger partial charge in [-0.1, -0.05) is 17.7 Å². The van der Waals surface area contributed by atoms with Gasteiger partial charge in [0, 0.05) is 28.2 Å². The van der Waals surface area contributed by atoms with E-state index in [0.29, 0.717) is 22.2 Å². The molecule has 2 N–H and O–H groups in total. The summed E-state index contributed by atoms with van der Waals surface area (Å²) in [6.07, 6.45) is 0.608. The van der Waals surface area contributed by atoms with Gasteiger partial charge in [0.25, 0.3) is 0 Å². The molecule has 0 saturated heterocycles. The predicted octanol–water partition coefficient (Wildman–Crippen LogP) is 3.71. The largest absolute Gasteiger partial charge is 0.358 e. The first-order valence-electron chi connectivity index (χ1n) is 6.77. The van der Waals surface area contributed by atoms with Crippen molar-refractivity contribution >= 4 is 43.9 Å². The van der Waals surface area contributed by atoms with E-state index in [9.17, 15) is 8.42 Å². The molecule has 0 atom stereocenters. The molecule has 0 unspecified atom stereocenters. The number of rotatable bonds is 5. The molecular formula is C15H15ClN2O2S2. The smallest absolute Gasteiger partial charge is 0.250 e. The minimum atomic E-state index is -3.41. The Bertz CT molecular complexity index is 899. The number of thiophene rings is 1. The van der Waals surface area contributed by atoms with Crippen LogP contribution in [0, 0.1) is 6.92 Å². The molecule has 7 heteroatoms. The van der Waals surface area contributed by atoms with Crippen LogP contribution in [0.3, 0.4) is 0 Å². The van der Waals surface area contributed by atoms with Crippen molar-refractivity contribution in [1.29, 1.82) is 0 Å². The Morgan fingerprint density at radius 2 is 2.14 bits per heavy atom. The number of sulfonamides is 1. The lowest BCUT2D eigenvalue weighted by atomic mass is 10.1. The highest BCUT2D eigenvalue weighted by Crippen LogP contribution is 2.25. The zero-order chi connectivity index (χ0) is 15.7. The van der Waals surface area contributed by atoms with Crippen LogP contribution in [0.25, 0.3) is 10.9 Å². The number of aromatic nitrogens is 1. The SMILES string of the molecule is Cc1[nH]c2ccc(Cl)cc2c1CCNS(=O)(=O)c1cccs1. The lowest BCUT2D eigenvalue weighted by Crippen LogP contribution is -2.25. The Morgan fingerprint density at radius 1 is 1.32 bits per heavy atom. The number of H-pyrrole nitrogens is 1. The van der Waals surface area contributed by atoms with Gasteiger partial charge in [-0.25, -0.2) is 13.1 Å². The monoisotopic (exact) mass is 354 g/mol. The van der Waals surface area contributed by atoms with Crippen LogP contribution in [0.15, 0.2) is 39.9 Å². The van der Waals surface area contributed by atoms with Gasteiger partial charge in [0.2, 0.25) is 10.0 Å². The van der Waals surface area contributed by atoms with E-state index in [4.69, 9.17) is 11.6 Å². The van der Waals surface area contributed by atoms with Gasteiger partial charge in [0.1, 0.15) is 4.21 Å². The van der Waals surface area contributed by atoms with Crippen molar-refractivity contribution in [2.45, 2.75) is 17.6 Å². The Morgan fingerprint density at radius 3 is 2.86 bits per heavy atom. The highest BCUT2D eigenvalue weighted by atomic mass is 35.5. The topological polar surface area (TPSA) is 62.0 Å². The molecule has 0 spiro atoms. The average Bonchev–Trinajstić information content (AvgIpc) is 3.08. The zero-order valence-corrected chi connectivity index (χ0v) is 14.3. The molecule has 0 aliphatic heterocycles. The first-order chi connectivity index (χ1) is 10.5. The lowest BCUT2D eigenvalue weighted by molar-refractivity contribution is 0.584. The minimum absolute atomic E-state index is 0.339. The van der Waals surface area contributed by atoms with E-state index in [1.807, 2.05) is 25.1 Å². The van der Waals surface area contributed by atoms with Crippen LogP contribution in [-0.4, -0.2) is 19.9 Å². The second kappa shape index (κ2) is 6.04. The fourth-order valence-electron chi connectivity index (χ4n) is 2.47. The average molecular weight is 355 g/mol. The van der Waals surface area contributed by atoms with Crippen molar-refractivity contribution in [3.05, 3.63) is 52.0 Å². The number of hydrogen-bond donors (Lipinski definition) is 2. The summed E-state index contributed by atoms with van der Waals surface area (Å²) in [6.45, 7) is 2.33. The van der Waals surface area contributed by atoms with Crippen LogP contribution < -0.4 is 4.72 Å². The number of aromatic amines is 1. The van der Waals surface area contributed by atoms with Crippen LogP contribution in [0.4, 0.5) is 0 Å². The summed E-state index contributed by atoms with van der Waals surface area (Å²) in [7, 11) is -3.41. The number of halogens is 1. The number of hydrogen-bond acceptors (Lipinski definition) is 3. The van der Waals surface area contributed by atoms with E-state index in [1.165, 1.54) is 11.3 Å². The molecule has 3 aromatic rings. The summed E-state index contributed by atoms with van der Waals surface area (Å²) in [5.74, 6) is 0. The molecule has 0 saturated carbocycles. The summed E-state index contributed by atoms with van der Waals surface area (Å²) >= 11 is 7.26. The fourth-order valence-corrected chi connectivity index (χ4v) is 4.72. The molecule has 116 valence electrons. The van der Waals surface area contributed by atoms with E-state index in [2.05, 4.69) is 9.71 Å². The van der Waals surface area contributed by atoms with Gasteiger partial charge >= 0.3 is 0 Å². The summed E-state index contributed by atoms with van der Waals surface area (Å²) in [6, 6.07) is 9.01. The van der Waals surface area contributed by atoms with Crippen LogP contribution >= 0.6 is 22.9 Å². The maximum absolute atomic E-state index is 12.1. The molecule has 0 amide bonds. The maximum Gasteiger partial charge on any atom is 0.250 e. The van der Waals surface area contributed by atoms with Crippen molar-refractivity contribution in [3.8, 4) is 0 Å². The van der Waals surface area contributed by atoms with Crippen LogP contribution in [0.2, 0.25) is 5.02 Å². The molecule has 1 aromatic carbocycles. The molecule has 0 bridgehead atoms. The molecule has 3 rings (SSSR count). The second-order valence-electron chi connectivity index (χ2n) is 5.00.